The van der Waals surface area contributed by atoms with Gasteiger partial charge in [0.15, 0.2) is 11.5 Å². The topological polar surface area (TPSA) is 67.8 Å². The van der Waals surface area contributed by atoms with Crippen LogP contribution in [0.25, 0.3) is 0 Å². The molecule has 0 spiro atoms. The van der Waals surface area contributed by atoms with Gasteiger partial charge in [-0.25, -0.2) is 9.18 Å². The van der Waals surface area contributed by atoms with Crippen molar-refractivity contribution in [2.24, 2.45) is 0 Å². The van der Waals surface area contributed by atoms with Crippen LogP contribution >= 0.6 is 15.9 Å². The fourth-order valence-corrected chi connectivity index (χ4v) is 3.50. The first-order valence-electron chi connectivity index (χ1n) is 9.20. The molecule has 0 aliphatic heterocycles. The van der Waals surface area contributed by atoms with Gasteiger partial charge in [-0.15, -0.1) is 0 Å². The largest absolute Gasteiger partial charge is 0.493 e. The van der Waals surface area contributed by atoms with Crippen molar-refractivity contribution >= 4 is 27.6 Å². The van der Waals surface area contributed by atoms with E-state index in [0.717, 1.165) is 15.6 Å². The molecule has 0 amide bonds. The summed E-state index contributed by atoms with van der Waals surface area (Å²) in [6.45, 7) is 2.38. The van der Waals surface area contributed by atoms with Gasteiger partial charge in [-0.2, -0.15) is 0 Å². The summed E-state index contributed by atoms with van der Waals surface area (Å²) in [6.07, 6.45) is 0. The maximum Gasteiger partial charge on any atom is 0.336 e. The van der Waals surface area contributed by atoms with Gasteiger partial charge in [0.05, 0.1) is 12.7 Å². The molecule has 0 unspecified atom stereocenters. The second-order valence-electron chi connectivity index (χ2n) is 6.61. The smallest absolute Gasteiger partial charge is 0.336 e. The van der Waals surface area contributed by atoms with Crippen molar-refractivity contribution in [2.75, 3.05) is 12.4 Å². The van der Waals surface area contributed by atoms with Crippen LogP contribution < -0.4 is 14.8 Å². The van der Waals surface area contributed by atoms with Crippen LogP contribution in [0.4, 0.5) is 10.1 Å². The molecule has 5 nitrogen and oxygen atoms in total. The number of benzene rings is 3. The number of aromatic carboxylic acids is 1. The van der Waals surface area contributed by atoms with Crippen LogP contribution in [-0.4, -0.2) is 18.2 Å². The number of halogens is 2. The third-order valence-corrected chi connectivity index (χ3v) is 5.45. The van der Waals surface area contributed by atoms with Crippen molar-refractivity contribution in [1.29, 1.82) is 0 Å². The van der Waals surface area contributed by atoms with E-state index in [9.17, 15) is 14.3 Å². The summed E-state index contributed by atoms with van der Waals surface area (Å²) in [5.41, 5.74) is 3.25. The number of methoxy groups -OCH3 is 1. The van der Waals surface area contributed by atoms with Gasteiger partial charge in [-0.05, 0) is 54.4 Å². The van der Waals surface area contributed by atoms with Gasteiger partial charge in [0.2, 0.25) is 0 Å². The Bertz CT molecular complexity index is 1050. The Balaban J connectivity index is 1.86. The van der Waals surface area contributed by atoms with Crippen molar-refractivity contribution in [3.63, 3.8) is 0 Å². The van der Waals surface area contributed by atoms with Crippen LogP contribution in [-0.2, 0) is 13.2 Å². The first kappa shape index (κ1) is 21.6. The van der Waals surface area contributed by atoms with Gasteiger partial charge in [0, 0.05) is 22.3 Å². The molecule has 0 fully saturated rings. The first-order chi connectivity index (χ1) is 14.4. The number of rotatable bonds is 8. The van der Waals surface area contributed by atoms with Crippen molar-refractivity contribution in [2.45, 2.75) is 20.1 Å². The highest BCUT2D eigenvalue weighted by atomic mass is 79.9. The fourth-order valence-electron chi connectivity index (χ4n) is 3.04. The number of carboxylic acids is 1. The summed E-state index contributed by atoms with van der Waals surface area (Å²) >= 11 is 3.56. The van der Waals surface area contributed by atoms with Crippen LogP contribution in [0.5, 0.6) is 11.5 Å². The van der Waals surface area contributed by atoms with Gasteiger partial charge in [-0.3, -0.25) is 0 Å². The summed E-state index contributed by atoms with van der Waals surface area (Å²) in [4.78, 5) is 11.4. The molecule has 0 aliphatic rings. The minimum absolute atomic E-state index is 0.244. The summed E-state index contributed by atoms with van der Waals surface area (Å²) in [6, 6.07) is 14.9. The van der Waals surface area contributed by atoms with E-state index in [4.69, 9.17) is 9.47 Å². The molecule has 156 valence electrons. The fraction of sp³-hybridized carbons (Fsp3) is 0.174. The van der Waals surface area contributed by atoms with Crippen molar-refractivity contribution < 1.29 is 23.8 Å². The van der Waals surface area contributed by atoms with Crippen LogP contribution in [0.15, 0.2) is 59.1 Å². The van der Waals surface area contributed by atoms with E-state index in [2.05, 4.69) is 21.2 Å². The molecule has 0 radical (unpaired) electrons. The third-order valence-electron chi connectivity index (χ3n) is 4.70. The highest BCUT2D eigenvalue weighted by molar-refractivity contribution is 9.10. The van der Waals surface area contributed by atoms with Crippen LogP contribution in [0, 0.1) is 12.7 Å². The van der Waals surface area contributed by atoms with E-state index in [1.54, 1.807) is 44.4 Å². The Morgan fingerprint density at radius 2 is 1.87 bits per heavy atom. The molecule has 3 aromatic carbocycles. The van der Waals surface area contributed by atoms with E-state index in [-0.39, 0.29) is 18.0 Å². The zero-order chi connectivity index (χ0) is 21.7. The molecule has 0 aliphatic carbocycles. The van der Waals surface area contributed by atoms with E-state index >= 15 is 0 Å². The number of hydrogen-bond acceptors (Lipinski definition) is 4. The van der Waals surface area contributed by atoms with Crippen molar-refractivity contribution in [3.8, 4) is 11.5 Å². The Labute approximate surface area is 182 Å². The minimum atomic E-state index is -0.970. The minimum Gasteiger partial charge on any atom is -0.493 e. The molecule has 0 bridgehead atoms. The molecule has 0 atom stereocenters. The molecule has 0 heterocycles. The van der Waals surface area contributed by atoms with E-state index in [1.165, 1.54) is 12.1 Å². The average Bonchev–Trinajstić information content (AvgIpc) is 2.73. The Morgan fingerprint density at radius 3 is 2.53 bits per heavy atom. The number of carboxylic acid groups (broad SMARTS) is 1. The lowest BCUT2D eigenvalue weighted by atomic mass is 10.1. The predicted molar refractivity (Wildman–Crippen MR) is 117 cm³/mol. The molecule has 0 saturated carbocycles. The maximum atomic E-state index is 13.1. The SMILES string of the molecule is COc1ccc(Br)c(CNc2cccc(C(=O)O)c2C)c1OCc1ccc(F)cc1. The van der Waals surface area contributed by atoms with Crippen molar-refractivity contribution in [3.05, 3.63) is 87.1 Å². The molecule has 0 aromatic heterocycles. The number of anilines is 1. The second kappa shape index (κ2) is 9.63. The molecule has 7 heteroatoms. The van der Waals surface area contributed by atoms with E-state index < -0.39 is 5.97 Å². The zero-order valence-electron chi connectivity index (χ0n) is 16.5. The standard InChI is InChI=1S/C23H21BrFNO4/c1-14-17(23(27)28)4-3-5-20(14)26-12-18-19(24)10-11-21(29-2)22(18)30-13-15-6-8-16(25)9-7-15/h3-11,26H,12-13H2,1-2H3,(H,27,28). The van der Waals surface area contributed by atoms with Crippen LogP contribution in [0.2, 0.25) is 0 Å². The highest BCUT2D eigenvalue weighted by Crippen LogP contribution is 2.37. The highest BCUT2D eigenvalue weighted by Gasteiger charge is 2.16. The second-order valence-corrected chi connectivity index (χ2v) is 7.46. The quantitative estimate of drug-likeness (QED) is 0.432. The number of nitrogens with one attached hydrogen (secondary N) is 1. The lowest BCUT2D eigenvalue weighted by Gasteiger charge is -2.18. The average molecular weight is 474 g/mol. The molecule has 2 N–H and O–H groups in total. The molecule has 3 aromatic rings. The molecular formula is C23H21BrFNO4. The Morgan fingerprint density at radius 1 is 1.13 bits per heavy atom. The number of carbonyl (C=O) groups is 1. The normalized spacial score (nSPS) is 10.5. The van der Waals surface area contributed by atoms with Gasteiger partial charge in [0.1, 0.15) is 12.4 Å². The third kappa shape index (κ3) is 4.91. The first-order valence-corrected chi connectivity index (χ1v) is 9.99. The van der Waals surface area contributed by atoms with Crippen LogP contribution in [0.1, 0.15) is 27.0 Å². The molecule has 3 rings (SSSR count). The van der Waals surface area contributed by atoms with Gasteiger partial charge in [0.25, 0.3) is 0 Å². The van der Waals surface area contributed by atoms with Crippen LogP contribution in [0.3, 0.4) is 0 Å². The predicted octanol–water partition coefficient (Wildman–Crippen LogP) is 5.79. The Kier molecular flexibility index (Phi) is 6.95. The summed E-state index contributed by atoms with van der Waals surface area (Å²) in [7, 11) is 1.56. The lowest BCUT2D eigenvalue weighted by Crippen LogP contribution is -2.08. The lowest BCUT2D eigenvalue weighted by molar-refractivity contribution is 0.0696. The summed E-state index contributed by atoms with van der Waals surface area (Å²) < 4.78 is 25.5. The zero-order valence-corrected chi connectivity index (χ0v) is 18.1. The van der Waals surface area contributed by atoms with E-state index in [1.807, 2.05) is 12.1 Å². The molecular weight excluding hydrogens is 453 g/mol. The van der Waals surface area contributed by atoms with E-state index in [0.29, 0.717) is 29.3 Å². The summed E-state index contributed by atoms with van der Waals surface area (Å²) in [5, 5.41) is 12.6. The summed E-state index contributed by atoms with van der Waals surface area (Å²) in [5.74, 6) is -0.159. The molecule has 0 saturated heterocycles. The monoisotopic (exact) mass is 473 g/mol. The maximum absolute atomic E-state index is 13.1. The molecule has 30 heavy (non-hydrogen) atoms. The van der Waals surface area contributed by atoms with Crippen molar-refractivity contribution in [1.82, 2.24) is 0 Å². The number of ether oxygens (including phenoxy) is 2. The van der Waals surface area contributed by atoms with Gasteiger partial charge < -0.3 is 19.9 Å². The Hall–Kier alpha value is -3.06. The van der Waals surface area contributed by atoms with Gasteiger partial charge in [-0.1, -0.05) is 34.1 Å². The van der Waals surface area contributed by atoms with Gasteiger partial charge >= 0.3 is 5.97 Å². The number of hydrogen-bond donors (Lipinski definition) is 2.